The lowest BCUT2D eigenvalue weighted by Gasteiger charge is -2.38. The second-order valence-corrected chi connectivity index (χ2v) is 9.41. The molecule has 3 aliphatic rings. The molecule has 0 bridgehead atoms. The Morgan fingerprint density at radius 3 is 2.53 bits per heavy atom. The van der Waals surface area contributed by atoms with E-state index >= 15 is 0 Å². The van der Waals surface area contributed by atoms with Gasteiger partial charge in [0.15, 0.2) is 5.60 Å². The zero-order valence-electron chi connectivity index (χ0n) is 19.3. The van der Waals surface area contributed by atoms with Crippen LogP contribution in [0.2, 0.25) is 0 Å². The van der Waals surface area contributed by atoms with Crippen LogP contribution < -0.4 is 9.64 Å². The van der Waals surface area contributed by atoms with Crippen molar-refractivity contribution < 1.29 is 23.0 Å². The summed E-state index contributed by atoms with van der Waals surface area (Å²) in [6.45, 7) is 5.03. The first-order valence-electron chi connectivity index (χ1n) is 11.6. The fraction of sp³-hybridized carbons (Fsp3) is 0.462. The molecule has 3 aliphatic heterocycles. The van der Waals surface area contributed by atoms with Gasteiger partial charge in [-0.2, -0.15) is 0 Å². The molecule has 2 atom stereocenters. The van der Waals surface area contributed by atoms with Gasteiger partial charge in [-0.3, -0.25) is 4.79 Å². The second kappa shape index (κ2) is 8.55. The highest BCUT2D eigenvalue weighted by atomic mass is 19.1. The number of aromatic nitrogens is 1. The van der Waals surface area contributed by atoms with Crippen molar-refractivity contribution in [2.24, 2.45) is 0 Å². The summed E-state index contributed by atoms with van der Waals surface area (Å²) in [5.74, 6) is 2.58. The molecule has 3 saturated heterocycles. The molecule has 1 aromatic carbocycles. The Hall–Kier alpha value is -3.18. The van der Waals surface area contributed by atoms with E-state index in [0.717, 1.165) is 11.9 Å². The number of nitrogens with zero attached hydrogens (tertiary/aromatic N) is 3. The largest absolute Gasteiger partial charge is 0.490 e. The van der Waals surface area contributed by atoms with E-state index in [1.54, 1.807) is 11.1 Å². The summed E-state index contributed by atoms with van der Waals surface area (Å²) >= 11 is 0. The topological polar surface area (TPSA) is 54.9 Å². The lowest BCUT2D eigenvalue weighted by atomic mass is 9.89. The minimum atomic E-state index is -0.915. The minimum absolute atomic E-state index is 0.0237. The molecule has 34 heavy (non-hydrogen) atoms. The summed E-state index contributed by atoms with van der Waals surface area (Å²) in [6, 6.07) is 4.92. The van der Waals surface area contributed by atoms with Gasteiger partial charge in [0.2, 0.25) is 0 Å². The lowest BCUT2D eigenvalue weighted by molar-refractivity contribution is -0.140. The van der Waals surface area contributed by atoms with Gasteiger partial charge in [0.1, 0.15) is 29.4 Å². The van der Waals surface area contributed by atoms with Crippen LogP contribution in [0.3, 0.4) is 0 Å². The second-order valence-electron chi connectivity index (χ2n) is 9.41. The van der Waals surface area contributed by atoms with Crippen LogP contribution in [0, 0.1) is 24.0 Å². The van der Waals surface area contributed by atoms with E-state index in [9.17, 15) is 13.6 Å². The third-order valence-electron chi connectivity index (χ3n) is 6.85. The number of benzene rings is 1. The molecule has 1 spiro atoms. The van der Waals surface area contributed by atoms with Crippen molar-refractivity contribution >= 4 is 11.7 Å². The number of halogens is 2. The fourth-order valence-electron chi connectivity index (χ4n) is 5.30. The van der Waals surface area contributed by atoms with E-state index in [1.165, 1.54) is 12.1 Å². The van der Waals surface area contributed by atoms with E-state index in [4.69, 9.17) is 15.9 Å². The van der Waals surface area contributed by atoms with Crippen molar-refractivity contribution in [2.75, 3.05) is 18.0 Å². The number of ether oxygens (including phenoxy) is 2. The predicted molar refractivity (Wildman–Crippen MR) is 122 cm³/mol. The van der Waals surface area contributed by atoms with Crippen LogP contribution in [-0.2, 0) is 9.53 Å². The highest BCUT2D eigenvalue weighted by molar-refractivity contribution is 5.88. The van der Waals surface area contributed by atoms with Crippen LogP contribution in [0.1, 0.15) is 56.7 Å². The number of hydrogen-bond acceptors (Lipinski definition) is 5. The molecule has 6 nitrogen and oxygen atoms in total. The first-order valence-corrected chi connectivity index (χ1v) is 11.6. The van der Waals surface area contributed by atoms with Gasteiger partial charge in [0, 0.05) is 44.3 Å². The van der Waals surface area contributed by atoms with Gasteiger partial charge < -0.3 is 19.3 Å². The number of pyridine rings is 1. The van der Waals surface area contributed by atoms with Crippen LogP contribution in [0.25, 0.3) is 0 Å². The monoisotopic (exact) mass is 467 g/mol. The lowest BCUT2D eigenvalue weighted by Crippen LogP contribution is -2.50. The van der Waals surface area contributed by atoms with Crippen molar-refractivity contribution in [3.05, 3.63) is 53.2 Å². The average Bonchev–Trinajstić information content (AvgIpc) is 3.31. The molecule has 3 fully saturated rings. The highest BCUT2D eigenvalue weighted by Crippen LogP contribution is 2.48. The third kappa shape index (κ3) is 3.88. The van der Waals surface area contributed by atoms with Gasteiger partial charge in [-0.15, -0.1) is 6.42 Å². The molecule has 178 valence electrons. The van der Waals surface area contributed by atoms with Crippen LogP contribution in [0.15, 0.2) is 30.5 Å². The van der Waals surface area contributed by atoms with Crippen LogP contribution in [0.4, 0.5) is 14.6 Å². The van der Waals surface area contributed by atoms with Crippen molar-refractivity contribution in [2.45, 2.75) is 63.5 Å². The Balaban J connectivity index is 1.32. The van der Waals surface area contributed by atoms with Crippen molar-refractivity contribution in [3.8, 4) is 18.1 Å². The normalized spacial score (nSPS) is 23.5. The molecule has 4 heterocycles. The number of rotatable bonds is 4. The van der Waals surface area contributed by atoms with Gasteiger partial charge in [-0.25, -0.2) is 13.8 Å². The highest BCUT2D eigenvalue weighted by Gasteiger charge is 2.58. The van der Waals surface area contributed by atoms with Gasteiger partial charge in [-0.05, 0) is 44.4 Å². The standard InChI is InChI=1S/C26H27F2N3O3/c1-4-17-15-29-23(14-22(17)33-16(2)3)30-9-7-26(8-10-30)25(32)31-21(5-6-24(31)34-26)18-11-19(27)13-20(28)12-18/h1,11-16,21,24H,5-10H2,2-3H3/t21-,24+/m0/s1. The summed E-state index contributed by atoms with van der Waals surface area (Å²) in [6.07, 6.45) is 9.09. The van der Waals surface area contributed by atoms with Gasteiger partial charge >= 0.3 is 0 Å². The Bertz CT molecular complexity index is 1130. The Morgan fingerprint density at radius 2 is 1.88 bits per heavy atom. The molecule has 5 rings (SSSR count). The summed E-state index contributed by atoms with van der Waals surface area (Å²) in [5, 5.41) is 0. The van der Waals surface area contributed by atoms with Crippen molar-refractivity contribution in [1.82, 2.24) is 9.88 Å². The molecule has 8 heteroatoms. The molecule has 1 amide bonds. The maximum atomic E-state index is 13.8. The molecule has 0 radical (unpaired) electrons. The first kappa shape index (κ1) is 22.6. The zero-order valence-corrected chi connectivity index (χ0v) is 19.3. The molecule has 2 aromatic rings. The quantitative estimate of drug-likeness (QED) is 0.632. The Morgan fingerprint density at radius 1 is 1.18 bits per heavy atom. The van der Waals surface area contributed by atoms with E-state index < -0.39 is 17.2 Å². The molecule has 0 saturated carbocycles. The van der Waals surface area contributed by atoms with Gasteiger partial charge in [0.25, 0.3) is 5.91 Å². The number of carbonyl (C=O) groups excluding carboxylic acids is 1. The number of carbonyl (C=O) groups is 1. The summed E-state index contributed by atoms with van der Waals surface area (Å²) in [5.41, 5.74) is 0.157. The smallest absolute Gasteiger partial charge is 0.257 e. The molecule has 1 aromatic heterocycles. The van der Waals surface area contributed by atoms with E-state index in [1.807, 2.05) is 19.9 Å². The Kier molecular flexibility index (Phi) is 5.68. The van der Waals surface area contributed by atoms with Crippen LogP contribution in [0.5, 0.6) is 5.75 Å². The summed E-state index contributed by atoms with van der Waals surface area (Å²) in [4.78, 5) is 21.8. The summed E-state index contributed by atoms with van der Waals surface area (Å²) in [7, 11) is 0. The molecule has 0 N–H and O–H groups in total. The number of anilines is 1. The SMILES string of the molecule is C#Cc1cnc(N2CCC3(CC2)O[C@@H]2CC[C@@H](c4cc(F)cc(F)c4)N2C3=O)cc1OC(C)C. The number of hydrogen-bond donors (Lipinski definition) is 0. The van der Waals surface area contributed by atoms with E-state index in [2.05, 4.69) is 15.8 Å². The van der Waals surface area contributed by atoms with Gasteiger partial charge in [-0.1, -0.05) is 5.92 Å². The number of amides is 1. The Labute approximate surface area is 197 Å². The maximum absolute atomic E-state index is 13.8. The average molecular weight is 468 g/mol. The predicted octanol–water partition coefficient (Wildman–Crippen LogP) is 4.19. The first-order chi connectivity index (χ1) is 16.3. The van der Waals surface area contributed by atoms with Gasteiger partial charge in [0.05, 0.1) is 17.7 Å². The number of terminal acetylenes is 1. The van der Waals surface area contributed by atoms with Crippen LogP contribution >= 0.6 is 0 Å². The van der Waals surface area contributed by atoms with E-state index in [0.29, 0.717) is 55.6 Å². The zero-order chi connectivity index (χ0) is 24.0. The molecular weight excluding hydrogens is 440 g/mol. The maximum Gasteiger partial charge on any atom is 0.257 e. The van der Waals surface area contributed by atoms with Crippen molar-refractivity contribution in [1.29, 1.82) is 0 Å². The molecule has 0 unspecified atom stereocenters. The fourth-order valence-corrected chi connectivity index (χ4v) is 5.30. The minimum Gasteiger partial charge on any atom is -0.490 e. The van der Waals surface area contributed by atoms with E-state index in [-0.39, 0.29) is 24.3 Å². The van der Waals surface area contributed by atoms with Crippen molar-refractivity contribution in [3.63, 3.8) is 0 Å². The number of piperidine rings is 1. The summed E-state index contributed by atoms with van der Waals surface area (Å²) < 4.78 is 39.8. The number of fused-ring (bicyclic) bond motifs is 1. The third-order valence-corrected chi connectivity index (χ3v) is 6.85. The molecular formula is C26H27F2N3O3. The molecule has 0 aliphatic carbocycles. The van der Waals surface area contributed by atoms with Crippen LogP contribution in [-0.4, -0.2) is 46.8 Å².